The van der Waals surface area contributed by atoms with Crippen molar-refractivity contribution < 1.29 is 30.3 Å². The molecule has 6 heteroatoms. The van der Waals surface area contributed by atoms with Crippen molar-refractivity contribution in [3.63, 3.8) is 0 Å². The first-order valence-corrected chi connectivity index (χ1v) is 7.43. The highest BCUT2D eigenvalue weighted by Gasteiger charge is 2.21. The summed E-state index contributed by atoms with van der Waals surface area (Å²) in [5.74, 6) is -0.822. The quantitative estimate of drug-likeness (QED) is 0.547. The summed E-state index contributed by atoms with van der Waals surface area (Å²) in [6.45, 7) is 3.86. The van der Waals surface area contributed by atoms with E-state index in [-0.39, 0.29) is 35.8 Å². The van der Waals surface area contributed by atoms with Gasteiger partial charge in [-0.3, -0.25) is 4.79 Å². The third-order valence-corrected chi connectivity index (χ3v) is 2.60. The molecule has 0 saturated heterocycles. The van der Waals surface area contributed by atoms with Crippen molar-refractivity contribution in [2.75, 3.05) is 13.2 Å². The molecule has 0 spiro atoms. The van der Waals surface area contributed by atoms with Crippen LogP contribution in [0.3, 0.4) is 0 Å². The van der Waals surface area contributed by atoms with E-state index in [0.717, 1.165) is 0 Å². The van der Waals surface area contributed by atoms with E-state index < -0.39 is 11.9 Å². The third kappa shape index (κ3) is 7.23. The molecule has 1 atom stereocenters. The van der Waals surface area contributed by atoms with Crippen molar-refractivity contribution in [1.82, 2.24) is 0 Å². The van der Waals surface area contributed by atoms with E-state index in [2.05, 4.69) is 0 Å². The van der Waals surface area contributed by atoms with E-state index in [1.165, 1.54) is 36.4 Å². The van der Waals surface area contributed by atoms with Gasteiger partial charge in [0.1, 0.15) is 17.6 Å². The molecule has 0 heterocycles. The number of carbonyl (C=O) groups excluding carboxylic acids is 1. The zero-order valence-electron chi connectivity index (χ0n) is 13.8. The number of para-hydroxylation sites is 1. The largest absolute Gasteiger partial charge is 0.508 e. The van der Waals surface area contributed by atoms with Gasteiger partial charge in [-0.25, -0.2) is 0 Å². The van der Waals surface area contributed by atoms with Gasteiger partial charge in [-0.1, -0.05) is 24.3 Å². The second-order valence-corrected chi connectivity index (χ2v) is 4.51. The lowest BCUT2D eigenvalue weighted by Crippen LogP contribution is -2.12. The molecule has 24 heavy (non-hydrogen) atoms. The van der Waals surface area contributed by atoms with Gasteiger partial charge in [-0.05, 0) is 43.7 Å². The molecule has 0 aliphatic heterocycles. The van der Waals surface area contributed by atoms with Crippen LogP contribution in [-0.2, 0) is 0 Å². The normalized spacial score (nSPS) is 10.5. The SMILES string of the molecule is CCO.CCO.O=C(c1ccccc1O)C(O)c1cccc(O)c1. The average Bonchev–Trinajstić information content (AvgIpc) is 2.55. The summed E-state index contributed by atoms with van der Waals surface area (Å²) < 4.78 is 0. The maximum absolute atomic E-state index is 12.0. The summed E-state index contributed by atoms with van der Waals surface area (Å²) in [4.78, 5) is 12.0. The number of phenols is 2. The molecule has 0 saturated carbocycles. The highest BCUT2D eigenvalue weighted by molar-refractivity contribution is 6.02. The van der Waals surface area contributed by atoms with Crippen LogP contribution in [-0.4, -0.2) is 44.5 Å². The molecule has 1 unspecified atom stereocenters. The molecule has 132 valence electrons. The van der Waals surface area contributed by atoms with Crippen LogP contribution in [0.15, 0.2) is 48.5 Å². The van der Waals surface area contributed by atoms with Crippen molar-refractivity contribution in [1.29, 1.82) is 0 Å². The number of aliphatic hydroxyl groups excluding tert-OH is 3. The predicted octanol–water partition coefficient (Wildman–Crippen LogP) is 2.01. The Hall–Kier alpha value is -2.41. The molecule has 5 N–H and O–H groups in total. The monoisotopic (exact) mass is 336 g/mol. The smallest absolute Gasteiger partial charge is 0.199 e. The number of hydrogen-bond acceptors (Lipinski definition) is 6. The number of rotatable bonds is 3. The first-order valence-electron chi connectivity index (χ1n) is 7.43. The average molecular weight is 336 g/mol. The van der Waals surface area contributed by atoms with E-state index in [1.807, 2.05) is 0 Å². The molecule has 0 radical (unpaired) electrons. The Morgan fingerprint density at radius 2 is 1.50 bits per heavy atom. The zero-order chi connectivity index (χ0) is 18.5. The van der Waals surface area contributed by atoms with E-state index in [9.17, 15) is 20.1 Å². The van der Waals surface area contributed by atoms with Crippen LogP contribution in [0.5, 0.6) is 11.5 Å². The third-order valence-electron chi connectivity index (χ3n) is 2.60. The lowest BCUT2D eigenvalue weighted by Gasteiger charge is -2.11. The molecular formula is C18H24O6. The number of ketones is 1. The van der Waals surface area contributed by atoms with Crippen LogP contribution < -0.4 is 0 Å². The Morgan fingerprint density at radius 1 is 0.958 bits per heavy atom. The summed E-state index contributed by atoms with van der Waals surface area (Å²) in [6, 6.07) is 11.8. The fourth-order valence-electron chi connectivity index (χ4n) is 1.68. The summed E-state index contributed by atoms with van der Waals surface area (Å²) in [6.07, 6.45) is -1.41. The number of carbonyl (C=O) groups is 1. The number of aliphatic hydroxyl groups is 3. The first-order chi connectivity index (χ1) is 11.4. The number of benzene rings is 2. The Labute approximate surface area is 141 Å². The van der Waals surface area contributed by atoms with Gasteiger partial charge < -0.3 is 25.5 Å². The minimum absolute atomic E-state index is 0.0309. The Balaban J connectivity index is 0.000000772. The zero-order valence-corrected chi connectivity index (χ0v) is 13.8. The Kier molecular flexibility index (Phi) is 10.9. The number of Topliss-reactive ketones (excluding diaryl/α,β-unsaturated/α-hetero) is 1. The van der Waals surface area contributed by atoms with Crippen molar-refractivity contribution in [2.45, 2.75) is 20.0 Å². The molecule has 0 aromatic heterocycles. The molecule has 0 aliphatic carbocycles. The molecule has 0 amide bonds. The van der Waals surface area contributed by atoms with Crippen LogP contribution in [0.2, 0.25) is 0 Å². The van der Waals surface area contributed by atoms with Crippen molar-refractivity contribution >= 4 is 5.78 Å². The minimum atomic E-state index is -1.41. The van der Waals surface area contributed by atoms with Crippen molar-refractivity contribution in [3.8, 4) is 11.5 Å². The Morgan fingerprint density at radius 3 is 2.00 bits per heavy atom. The van der Waals surface area contributed by atoms with Gasteiger partial charge in [-0.2, -0.15) is 0 Å². The van der Waals surface area contributed by atoms with E-state index in [1.54, 1.807) is 26.0 Å². The van der Waals surface area contributed by atoms with Gasteiger partial charge in [0, 0.05) is 13.2 Å². The second kappa shape index (κ2) is 12.1. The van der Waals surface area contributed by atoms with E-state index >= 15 is 0 Å². The fraction of sp³-hybridized carbons (Fsp3) is 0.278. The van der Waals surface area contributed by atoms with Gasteiger partial charge >= 0.3 is 0 Å². The molecule has 6 nitrogen and oxygen atoms in total. The van der Waals surface area contributed by atoms with Crippen LogP contribution in [0.25, 0.3) is 0 Å². The molecule has 2 aromatic rings. The summed E-state index contributed by atoms with van der Waals surface area (Å²) in [5.41, 5.74) is 0.330. The van der Waals surface area contributed by atoms with Crippen molar-refractivity contribution in [2.24, 2.45) is 0 Å². The highest BCUT2D eigenvalue weighted by Crippen LogP contribution is 2.25. The predicted molar refractivity (Wildman–Crippen MR) is 91.0 cm³/mol. The van der Waals surface area contributed by atoms with Crippen LogP contribution in [0.4, 0.5) is 0 Å². The Bertz CT molecular complexity index is 610. The molecular weight excluding hydrogens is 312 g/mol. The van der Waals surface area contributed by atoms with Gasteiger partial charge in [-0.15, -0.1) is 0 Å². The molecule has 2 aromatic carbocycles. The number of phenolic OH excluding ortho intramolecular Hbond substituents is 2. The fourth-order valence-corrected chi connectivity index (χ4v) is 1.68. The minimum Gasteiger partial charge on any atom is -0.508 e. The van der Waals surface area contributed by atoms with Gasteiger partial charge in [0.25, 0.3) is 0 Å². The maximum Gasteiger partial charge on any atom is 0.199 e. The van der Waals surface area contributed by atoms with Crippen LogP contribution in [0.1, 0.15) is 35.9 Å². The lowest BCUT2D eigenvalue weighted by atomic mass is 9.99. The van der Waals surface area contributed by atoms with Gasteiger partial charge in [0.15, 0.2) is 5.78 Å². The van der Waals surface area contributed by atoms with Crippen LogP contribution in [0, 0.1) is 0 Å². The summed E-state index contributed by atoms with van der Waals surface area (Å²) >= 11 is 0. The maximum atomic E-state index is 12.0. The topological polar surface area (TPSA) is 118 Å². The number of aromatic hydroxyl groups is 2. The van der Waals surface area contributed by atoms with Crippen LogP contribution >= 0.6 is 0 Å². The lowest BCUT2D eigenvalue weighted by molar-refractivity contribution is 0.0744. The molecule has 0 fully saturated rings. The molecule has 0 aliphatic rings. The molecule has 2 rings (SSSR count). The van der Waals surface area contributed by atoms with Crippen molar-refractivity contribution in [3.05, 3.63) is 59.7 Å². The van der Waals surface area contributed by atoms with Gasteiger partial charge in [0.05, 0.1) is 5.56 Å². The summed E-state index contributed by atoms with van der Waals surface area (Å²) in [5, 5.41) is 43.9. The molecule has 0 bridgehead atoms. The highest BCUT2D eigenvalue weighted by atomic mass is 16.3. The van der Waals surface area contributed by atoms with E-state index in [4.69, 9.17) is 10.2 Å². The van der Waals surface area contributed by atoms with E-state index in [0.29, 0.717) is 0 Å². The standard InChI is InChI=1S/C14H12O4.2C2H6O/c15-10-5-3-4-9(8-10)13(17)14(18)11-6-1-2-7-12(11)16;2*1-2-3/h1-8,13,15-17H;2*3H,2H2,1H3. The summed E-state index contributed by atoms with van der Waals surface area (Å²) in [7, 11) is 0. The second-order valence-electron chi connectivity index (χ2n) is 4.51. The number of hydrogen-bond donors (Lipinski definition) is 5. The first kappa shape index (κ1) is 21.6. The van der Waals surface area contributed by atoms with Gasteiger partial charge in [0.2, 0.25) is 0 Å².